The molecule has 2 aliphatic heterocycles. The second kappa shape index (κ2) is 6.59. The van der Waals surface area contributed by atoms with E-state index in [0.29, 0.717) is 24.7 Å². The summed E-state index contributed by atoms with van der Waals surface area (Å²) in [7, 11) is 0. The molecular weight excluding hydrogens is 394 g/mol. The van der Waals surface area contributed by atoms with Crippen molar-refractivity contribution in [3.63, 3.8) is 0 Å². The Morgan fingerprint density at radius 2 is 1.92 bits per heavy atom. The minimum absolute atomic E-state index is 0.1000. The van der Waals surface area contributed by atoms with Crippen molar-refractivity contribution in [2.75, 3.05) is 26.2 Å². The van der Waals surface area contributed by atoms with Crippen LogP contribution in [0.1, 0.15) is 31.2 Å². The average molecular weight is 415 g/mol. The number of rotatable bonds is 3. The maximum absolute atomic E-state index is 14.1. The largest absolute Gasteiger partial charge is 0.363 e. The highest BCUT2D eigenvalue weighted by Crippen LogP contribution is 2.36. The summed E-state index contributed by atoms with van der Waals surface area (Å²) < 4.78 is 33.8. The number of piperidine rings is 1. The van der Waals surface area contributed by atoms with E-state index in [1.54, 1.807) is 12.1 Å². The van der Waals surface area contributed by atoms with Gasteiger partial charge in [-0.3, -0.25) is 9.69 Å². The van der Waals surface area contributed by atoms with Crippen molar-refractivity contribution >= 4 is 21.8 Å². The number of nitrogens with zero attached hydrogens (tertiary/aromatic N) is 2. The maximum Gasteiger partial charge on any atom is 0.248 e. The fourth-order valence-corrected chi connectivity index (χ4v) is 4.12. The lowest BCUT2D eigenvalue weighted by atomic mass is 9.89. The van der Waals surface area contributed by atoms with Gasteiger partial charge < -0.3 is 9.64 Å². The highest BCUT2D eigenvalue weighted by molar-refractivity contribution is 9.10. The molecule has 25 heavy (non-hydrogen) atoms. The van der Waals surface area contributed by atoms with Gasteiger partial charge in [0.2, 0.25) is 5.91 Å². The Morgan fingerprint density at radius 3 is 2.60 bits per heavy atom. The summed E-state index contributed by atoms with van der Waals surface area (Å²) in [5.74, 6) is -1.52. The summed E-state index contributed by atoms with van der Waals surface area (Å²) in [4.78, 5) is 16.1. The number of hydrogen-bond donors (Lipinski definition) is 0. The molecule has 2 saturated heterocycles. The predicted octanol–water partition coefficient (Wildman–Crippen LogP) is 3.08. The third-order valence-corrected chi connectivity index (χ3v) is 6.16. The van der Waals surface area contributed by atoms with E-state index in [4.69, 9.17) is 4.74 Å². The molecule has 4 nitrogen and oxygen atoms in total. The second-order valence-corrected chi connectivity index (χ2v) is 8.19. The van der Waals surface area contributed by atoms with Crippen LogP contribution in [0.3, 0.4) is 0 Å². The van der Waals surface area contributed by atoms with Crippen LogP contribution in [0, 0.1) is 11.6 Å². The molecule has 1 amide bonds. The maximum atomic E-state index is 14.1. The molecule has 2 heterocycles. The normalized spacial score (nSPS) is 24.1. The van der Waals surface area contributed by atoms with E-state index in [-0.39, 0.29) is 22.6 Å². The monoisotopic (exact) mass is 414 g/mol. The fraction of sp³-hybridized carbons (Fsp3) is 0.611. The average Bonchev–Trinajstić information content (AvgIpc) is 3.45. The number of hydrogen-bond acceptors (Lipinski definition) is 3. The lowest BCUT2D eigenvalue weighted by molar-refractivity contribution is -0.172. The van der Waals surface area contributed by atoms with E-state index >= 15 is 0 Å². The molecule has 0 N–H and O–H groups in total. The molecular formula is C18H21BrF2N2O2. The minimum Gasteiger partial charge on any atom is -0.363 e. The van der Waals surface area contributed by atoms with Gasteiger partial charge in [0.05, 0.1) is 16.6 Å². The van der Waals surface area contributed by atoms with Crippen molar-refractivity contribution in [3.8, 4) is 0 Å². The van der Waals surface area contributed by atoms with Crippen molar-refractivity contribution in [1.29, 1.82) is 0 Å². The first-order chi connectivity index (χ1) is 12.0. The van der Waals surface area contributed by atoms with E-state index in [9.17, 15) is 13.6 Å². The zero-order chi connectivity index (χ0) is 17.6. The van der Waals surface area contributed by atoms with Gasteiger partial charge in [0, 0.05) is 31.2 Å². The molecule has 1 aromatic rings. The second-order valence-electron chi connectivity index (χ2n) is 7.34. The Hall–Kier alpha value is -1.05. The molecule has 0 bridgehead atoms. The number of ether oxygens (including phenoxy) is 1. The topological polar surface area (TPSA) is 32.8 Å². The minimum atomic E-state index is -0.833. The Kier molecular flexibility index (Phi) is 4.58. The smallest absolute Gasteiger partial charge is 0.248 e. The lowest BCUT2D eigenvalue weighted by Crippen LogP contribution is -2.59. The molecule has 3 aliphatic rings. The summed E-state index contributed by atoms with van der Waals surface area (Å²) in [5, 5.41) is 0. The van der Waals surface area contributed by atoms with Crippen LogP contribution >= 0.6 is 15.9 Å². The SMILES string of the molecule is O=C1COC2(CCN(Cc3ccc(Br)c(F)c3F)CC2)CN1C1CC1. The van der Waals surface area contributed by atoms with Gasteiger partial charge in [0.25, 0.3) is 0 Å². The lowest BCUT2D eigenvalue weighted by Gasteiger charge is -2.47. The molecule has 1 spiro atoms. The first-order valence-electron chi connectivity index (χ1n) is 8.76. The van der Waals surface area contributed by atoms with Crippen LogP contribution in [0.5, 0.6) is 0 Å². The Bertz CT molecular complexity index is 688. The van der Waals surface area contributed by atoms with Gasteiger partial charge in [-0.05, 0) is 47.7 Å². The predicted molar refractivity (Wildman–Crippen MR) is 92.0 cm³/mol. The quantitative estimate of drug-likeness (QED) is 0.712. The molecule has 1 aliphatic carbocycles. The first-order valence-corrected chi connectivity index (χ1v) is 9.55. The van der Waals surface area contributed by atoms with Crippen molar-refractivity contribution in [3.05, 3.63) is 33.8 Å². The number of morpholine rings is 1. The van der Waals surface area contributed by atoms with Crippen LogP contribution in [0.15, 0.2) is 16.6 Å². The van der Waals surface area contributed by atoms with Crippen LogP contribution in [-0.4, -0.2) is 53.6 Å². The molecule has 3 fully saturated rings. The number of amides is 1. The van der Waals surface area contributed by atoms with Crippen molar-refractivity contribution in [1.82, 2.24) is 9.80 Å². The van der Waals surface area contributed by atoms with Crippen LogP contribution in [0.4, 0.5) is 8.78 Å². The molecule has 0 unspecified atom stereocenters. The number of benzene rings is 1. The molecule has 7 heteroatoms. The van der Waals surface area contributed by atoms with E-state index in [1.807, 2.05) is 4.90 Å². The Balaban J connectivity index is 1.38. The van der Waals surface area contributed by atoms with Gasteiger partial charge in [-0.1, -0.05) is 6.07 Å². The van der Waals surface area contributed by atoms with E-state index in [2.05, 4.69) is 20.8 Å². The third-order valence-electron chi connectivity index (χ3n) is 5.54. The fourth-order valence-electron chi connectivity index (χ4n) is 3.81. The summed E-state index contributed by atoms with van der Waals surface area (Å²) in [6.45, 7) is 2.74. The third kappa shape index (κ3) is 3.46. The van der Waals surface area contributed by atoms with Gasteiger partial charge in [0.15, 0.2) is 11.6 Å². The molecule has 0 atom stereocenters. The van der Waals surface area contributed by atoms with Crippen LogP contribution in [0.25, 0.3) is 0 Å². The van der Waals surface area contributed by atoms with E-state index < -0.39 is 11.6 Å². The van der Waals surface area contributed by atoms with Crippen molar-refractivity contribution < 1.29 is 18.3 Å². The van der Waals surface area contributed by atoms with Gasteiger partial charge >= 0.3 is 0 Å². The van der Waals surface area contributed by atoms with Gasteiger partial charge in [-0.15, -0.1) is 0 Å². The summed E-state index contributed by atoms with van der Waals surface area (Å²) >= 11 is 3.00. The standard InChI is InChI=1S/C18H21BrF2N2O2/c19-14-4-1-12(16(20)17(14)21)9-22-7-5-18(6-8-22)11-23(13-2-3-13)15(24)10-25-18/h1,4,13H,2-3,5-11H2. The molecule has 4 rings (SSSR count). The first kappa shape index (κ1) is 17.4. The van der Waals surface area contributed by atoms with Gasteiger partial charge in [-0.2, -0.15) is 0 Å². The summed E-state index contributed by atoms with van der Waals surface area (Å²) in [6, 6.07) is 3.58. The van der Waals surface area contributed by atoms with E-state index in [1.165, 1.54) is 0 Å². The molecule has 1 saturated carbocycles. The van der Waals surface area contributed by atoms with Gasteiger partial charge in [0.1, 0.15) is 6.61 Å². The Labute approximate surface area is 154 Å². The van der Waals surface area contributed by atoms with Crippen LogP contribution in [0.2, 0.25) is 0 Å². The van der Waals surface area contributed by atoms with Crippen molar-refractivity contribution in [2.45, 2.75) is 43.9 Å². The Morgan fingerprint density at radius 1 is 1.20 bits per heavy atom. The van der Waals surface area contributed by atoms with Crippen molar-refractivity contribution in [2.24, 2.45) is 0 Å². The zero-order valence-electron chi connectivity index (χ0n) is 13.9. The highest BCUT2D eigenvalue weighted by atomic mass is 79.9. The van der Waals surface area contributed by atoms with Crippen LogP contribution < -0.4 is 0 Å². The molecule has 0 aromatic heterocycles. The highest BCUT2D eigenvalue weighted by Gasteiger charge is 2.46. The van der Waals surface area contributed by atoms with Gasteiger partial charge in [-0.25, -0.2) is 8.78 Å². The number of carbonyl (C=O) groups is 1. The van der Waals surface area contributed by atoms with E-state index in [0.717, 1.165) is 38.8 Å². The number of carbonyl (C=O) groups excluding carboxylic acids is 1. The zero-order valence-corrected chi connectivity index (χ0v) is 15.5. The summed E-state index contributed by atoms with van der Waals surface area (Å²) in [5.41, 5.74) is 0.104. The number of likely N-dealkylation sites (tertiary alicyclic amines) is 1. The summed E-state index contributed by atoms with van der Waals surface area (Å²) in [6.07, 6.45) is 3.82. The molecule has 1 aromatic carbocycles. The number of halogens is 3. The van der Waals surface area contributed by atoms with Crippen LogP contribution in [-0.2, 0) is 16.1 Å². The molecule has 136 valence electrons. The molecule has 0 radical (unpaired) electrons.